The minimum atomic E-state index is -4.49. The Morgan fingerprint density at radius 1 is 1.31 bits per heavy atom. The second-order valence-corrected chi connectivity index (χ2v) is 3.84. The first-order valence-electron chi connectivity index (χ1n) is 4.32. The highest BCUT2D eigenvalue weighted by Gasteiger charge is 2.31. The maximum Gasteiger partial charge on any atom is 0.416 e. The summed E-state index contributed by atoms with van der Waals surface area (Å²) in [5.41, 5.74) is -1.04. The van der Waals surface area contributed by atoms with Crippen LogP contribution in [-0.4, -0.2) is 11.7 Å². The molecule has 1 rings (SSSR count). The molecule has 0 aliphatic rings. The lowest BCUT2D eigenvalue weighted by Crippen LogP contribution is -2.08. The lowest BCUT2D eigenvalue weighted by atomic mass is 10.1. The SMILES string of the molecule is O=C(CCCl)c1cc(C(F)(F)F)ccc1Cl. The van der Waals surface area contributed by atoms with Gasteiger partial charge in [-0.1, -0.05) is 11.6 Å². The average molecular weight is 271 g/mol. The fourth-order valence-electron chi connectivity index (χ4n) is 1.14. The summed E-state index contributed by atoms with van der Waals surface area (Å²) in [5, 5.41) is 0.00289. The number of hydrogen-bond acceptors (Lipinski definition) is 1. The van der Waals surface area contributed by atoms with Crippen LogP contribution >= 0.6 is 23.2 Å². The molecule has 0 amide bonds. The maximum atomic E-state index is 12.4. The van der Waals surface area contributed by atoms with Gasteiger partial charge in [-0.3, -0.25) is 4.79 Å². The molecule has 0 aliphatic carbocycles. The van der Waals surface area contributed by atoms with Crippen molar-refractivity contribution < 1.29 is 18.0 Å². The molecule has 0 atom stereocenters. The second kappa shape index (κ2) is 5.06. The van der Waals surface area contributed by atoms with Crippen LogP contribution in [0.1, 0.15) is 22.3 Å². The molecule has 0 bridgehead atoms. The third-order valence-electron chi connectivity index (χ3n) is 1.92. The van der Waals surface area contributed by atoms with E-state index in [0.717, 1.165) is 18.2 Å². The average Bonchev–Trinajstić information content (AvgIpc) is 2.16. The fraction of sp³-hybridized carbons (Fsp3) is 0.300. The number of ketones is 1. The minimum absolute atomic E-state index is 0.00289. The lowest BCUT2D eigenvalue weighted by Gasteiger charge is -2.09. The molecular formula is C10H7Cl2F3O. The van der Waals surface area contributed by atoms with Crippen LogP contribution in [0.3, 0.4) is 0 Å². The van der Waals surface area contributed by atoms with Crippen LogP contribution in [-0.2, 0) is 6.18 Å². The summed E-state index contributed by atoms with van der Waals surface area (Å²) in [4.78, 5) is 11.4. The third kappa shape index (κ3) is 3.12. The van der Waals surface area contributed by atoms with E-state index in [2.05, 4.69) is 0 Å². The molecule has 0 saturated carbocycles. The molecule has 16 heavy (non-hydrogen) atoms. The monoisotopic (exact) mass is 270 g/mol. The number of carbonyl (C=O) groups excluding carboxylic acids is 1. The number of Topliss-reactive ketones (excluding diaryl/α,β-unsaturated/α-hetero) is 1. The van der Waals surface area contributed by atoms with Crippen LogP contribution in [0, 0.1) is 0 Å². The maximum absolute atomic E-state index is 12.4. The van der Waals surface area contributed by atoms with Crippen molar-refractivity contribution in [1.82, 2.24) is 0 Å². The van der Waals surface area contributed by atoms with Gasteiger partial charge in [0.2, 0.25) is 0 Å². The number of alkyl halides is 4. The van der Waals surface area contributed by atoms with Crippen molar-refractivity contribution in [2.45, 2.75) is 12.6 Å². The zero-order valence-electron chi connectivity index (χ0n) is 7.94. The molecule has 88 valence electrons. The van der Waals surface area contributed by atoms with Crippen molar-refractivity contribution >= 4 is 29.0 Å². The predicted molar refractivity (Wildman–Crippen MR) is 56.1 cm³/mol. The highest BCUT2D eigenvalue weighted by Crippen LogP contribution is 2.32. The summed E-state index contributed by atoms with van der Waals surface area (Å²) in [5.74, 6) is -0.447. The molecule has 0 saturated heterocycles. The van der Waals surface area contributed by atoms with Crippen molar-refractivity contribution in [2.24, 2.45) is 0 Å². The summed E-state index contributed by atoms with van der Waals surface area (Å²) in [6.45, 7) is 0. The van der Waals surface area contributed by atoms with Crippen LogP contribution < -0.4 is 0 Å². The van der Waals surface area contributed by atoms with Crippen LogP contribution in [0.2, 0.25) is 5.02 Å². The molecular weight excluding hydrogens is 264 g/mol. The van der Waals surface area contributed by atoms with Crippen molar-refractivity contribution in [3.05, 3.63) is 34.3 Å². The fourth-order valence-corrected chi connectivity index (χ4v) is 1.53. The van der Waals surface area contributed by atoms with E-state index >= 15 is 0 Å². The van der Waals surface area contributed by atoms with Gasteiger partial charge in [-0.25, -0.2) is 0 Å². The number of carbonyl (C=O) groups is 1. The highest BCUT2D eigenvalue weighted by atomic mass is 35.5. The van der Waals surface area contributed by atoms with E-state index in [0.29, 0.717) is 0 Å². The van der Waals surface area contributed by atoms with Crippen LogP contribution in [0.15, 0.2) is 18.2 Å². The zero-order chi connectivity index (χ0) is 12.3. The molecule has 0 radical (unpaired) electrons. The Hall–Kier alpha value is -0.740. The first-order chi connectivity index (χ1) is 7.36. The topological polar surface area (TPSA) is 17.1 Å². The van der Waals surface area contributed by atoms with Crippen molar-refractivity contribution in [2.75, 3.05) is 5.88 Å². The summed E-state index contributed by atoms with van der Waals surface area (Å²) < 4.78 is 37.1. The van der Waals surface area contributed by atoms with E-state index in [4.69, 9.17) is 23.2 Å². The first kappa shape index (κ1) is 13.3. The lowest BCUT2D eigenvalue weighted by molar-refractivity contribution is -0.137. The van der Waals surface area contributed by atoms with E-state index in [-0.39, 0.29) is 22.9 Å². The summed E-state index contributed by atoms with van der Waals surface area (Å²) in [6, 6.07) is 2.64. The molecule has 0 N–H and O–H groups in total. The molecule has 6 heteroatoms. The van der Waals surface area contributed by atoms with Gasteiger partial charge in [0.1, 0.15) is 0 Å². The van der Waals surface area contributed by atoms with Crippen LogP contribution in [0.25, 0.3) is 0 Å². The van der Waals surface area contributed by atoms with Gasteiger partial charge >= 0.3 is 6.18 Å². The molecule has 0 unspecified atom stereocenters. The van der Waals surface area contributed by atoms with Gasteiger partial charge in [0, 0.05) is 17.9 Å². The van der Waals surface area contributed by atoms with E-state index in [1.807, 2.05) is 0 Å². The zero-order valence-corrected chi connectivity index (χ0v) is 9.46. The molecule has 1 aromatic rings. The van der Waals surface area contributed by atoms with Crippen molar-refractivity contribution in [3.63, 3.8) is 0 Å². The molecule has 1 aromatic carbocycles. The van der Waals surface area contributed by atoms with Gasteiger partial charge in [0.05, 0.1) is 10.6 Å². The van der Waals surface area contributed by atoms with Crippen molar-refractivity contribution in [1.29, 1.82) is 0 Å². The van der Waals surface area contributed by atoms with Crippen molar-refractivity contribution in [3.8, 4) is 0 Å². The van der Waals surface area contributed by atoms with E-state index in [9.17, 15) is 18.0 Å². The largest absolute Gasteiger partial charge is 0.416 e. The Balaban J connectivity index is 3.14. The highest BCUT2D eigenvalue weighted by molar-refractivity contribution is 6.34. The molecule has 0 aliphatic heterocycles. The van der Waals surface area contributed by atoms with Gasteiger partial charge in [0.25, 0.3) is 0 Å². The summed E-state index contributed by atoms with van der Waals surface area (Å²) in [6.07, 6.45) is -4.52. The molecule has 0 aromatic heterocycles. The molecule has 0 heterocycles. The molecule has 0 fully saturated rings. The molecule has 1 nitrogen and oxygen atoms in total. The standard InChI is InChI=1S/C10H7Cl2F3O/c11-4-3-9(16)7-5-6(10(13,14)15)1-2-8(7)12/h1-2,5H,3-4H2. The van der Waals surface area contributed by atoms with Crippen LogP contribution in [0.4, 0.5) is 13.2 Å². The first-order valence-corrected chi connectivity index (χ1v) is 5.23. The predicted octanol–water partition coefficient (Wildman–Crippen LogP) is 4.17. The van der Waals surface area contributed by atoms with Crippen LogP contribution in [0.5, 0.6) is 0 Å². The number of rotatable bonds is 3. The van der Waals surface area contributed by atoms with E-state index < -0.39 is 17.5 Å². The Morgan fingerprint density at radius 2 is 1.94 bits per heavy atom. The second-order valence-electron chi connectivity index (χ2n) is 3.05. The Bertz CT molecular complexity index is 402. The number of halogens is 5. The van der Waals surface area contributed by atoms with Gasteiger partial charge < -0.3 is 0 Å². The number of hydrogen-bond donors (Lipinski definition) is 0. The smallest absolute Gasteiger partial charge is 0.294 e. The quantitative estimate of drug-likeness (QED) is 0.595. The van der Waals surface area contributed by atoms with Gasteiger partial charge in [-0.05, 0) is 18.2 Å². The third-order valence-corrected chi connectivity index (χ3v) is 2.43. The minimum Gasteiger partial charge on any atom is -0.294 e. The summed E-state index contributed by atoms with van der Waals surface area (Å²) >= 11 is 11.0. The van der Waals surface area contributed by atoms with E-state index in [1.54, 1.807) is 0 Å². The Labute approximate surface area is 100 Å². The number of benzene rings is 1. The van der Waals surface area contributed by atoms with Gasteiger partial charge in [-0.15, -0.1) is 11.6 Å². The summed E-state index contributed by atoms with van der Waals surface area (Å²) in [7, 11) is 0. The normalized spacial score (nSPS) is 11.6. The van der Waals surface area contributed by atoms with E-state index in [1.165, 1.54) is 0 Å². The van der Waals surface area contributed by atoms with Gasteiger partial charge in [-0.2, -0.15) is 13.2 Å². The van der Waals surface area contributed by atoms with Gasteiger partial charge in [0.15, 0.2) is 5.78 Å². The Morgan fingerprint density at radius 3 is 2.44 bits per heavy atom. The Kier molecular flexibility index (Phi) is 4.21. The molecule has 0 spiro atoms.